The van der Waals surface area contributed by atoms with E-state index in [1.807, 2.05) is 5.38 Å². The van der Waals surface area contributed by atoms with Crippen LogP contribution in [0.15, 0.2) is 23.6 Å². The third-order valence-electron chi connectivity index (χ3n) is 4.54. The zero-order valence-corrected chi connectivity index (χ0v) is 15.7. The number of hydrogen-bond acceptors (Lipinski definition) is 6. The monoisotopic (exact) mass is 394 g/mol. The number of carbonyl (C=O) groups is 2. The molecule has 1 aromatic carbocycles. The number of halogens is 2. The maximum atomic E-state index is 13.8. The van der Waals surface area contributed by atoms with Gasteiger partial charge in [0.2, 0.25) is 5.01 Å². The van der Waals surface area contributed by atoms with Crippen LogP contribution in [0.3, 0.4) is 0 Å². The van der Waals surface area contributed by atoms with Gasteiger partial charge in [-0.2, -0.15) is 0 Å². The molecule has 5 nitrogen and oxygen atoms in total. The molecule has 0 N–H and O–H groups in total. The number of ketones is 1. The first-order valence-electron chi connectivity index (χ1n) is 8.81. The molecule has 2 heterocycles. The fourth-order valence-electron chi connectivity index (χ4n) is 3.15. The second kappa shape index (κ2) is 8.67. The van der Waals surface area contributed by atoms with E-state index in [0.717, 1.165) is 23.9 Å². The van der Waals surface area contributed by atoms with Crippen LogP contribution in [0, 0.1) is 17.6 Å². The number of likely N-dealkylation sites (tertiary alicyclic amines) is 1. The number of thiazole rings is 1. The number of aromatic nitrogens is 1. The molecule has 3 rings (SSSR count). The molecule has 2 aromatic rings. The summed E-state index contributed by atoms with van der Waals surface area (Å²) in [6.45, 7) is 3.93. The maximum absolute atomic E-state index is 13.8. The summed E-state index contributed by atoms with van der Waals surface area (Å²) in [6.07, 6.45) is 1.15. The first kappa shape index (κ1) is 19.6. The number of Topliss-reactive ketones (excluding diaryl/α,β-unsaturated/α-hetero) is 1. The van der Waals surface area contributed by atoms with E-state index in [9.17, 15) is 18.4 Å². The Balaban J connectivity index is 1.55. The Morgan fingerprint density at radius 2 is 2.04 bits per heavy atom. The highest BCUT2D eigenvalue weighted by atomic mass is 32.1. The molecule has 0 unspecified atom stereocenters. The summed E-state index contributed by atoms with van der Waals surface area (Å²) in [5, 5.41) is 2.16. The lowest BCUT2D eigenvalue weighted by atomic mass is 9.88. The lowest BCUT2D eigenvalue weighted by Gasteiger charge is -2.30. The molecule has 0 saturated carbocycles. The van der Waals surface area contributed by atoms with Gasteiger partial charge in [-0.05, 0) is 51.1 Å². The Kier molecular flexibility index (Phi) is 6.28. The van der Waals surface area contributed by atoms with Gasteiger partial charge in [0.15, 0.2) is 5.78 Å². The quantitative estimate of drug-likeness (QED) is 0.552. The minimum Gasteiger partial charge on any atom is -0.461 e. The van der Waals surface area contributed by atoms with Crippen LogP contribution in [0.25, 0.3) is 0 Å². The van der Waals surface area contributed by atoms with Crippen molar-refractivity contribution in [2.24, 2.45) is 5.92 Å². The second-order valence-electron chi connectivity index (χ2n) is 6.40. The van der Waals surface area contributed by atoms with E-state index in [1.165, 1.54) is 11.3 Å². The second-order valence-corrected chi connectivity index (χ2v) is 7.26. The lowest BCUT2D eigenvalue weighted by Crippen LogP contribution is -2.36. The van der Waals surface area contributed by atoms with E-state index in [0.29, 0.717) is 44.1 Å². The molecule has 0 aliphatic carbocycles. The molecule has 0 amide bonds. The predicted molar refractivity (Wildman–Crippen MR) is 96.8 cm³/mol. The topological polar surface area (TPSA) is 59.5 Å². The van der Waals surface area contributed by atoms with Gasteiger partial charge in [-0.15, -0.1) is 11.3 Å². The lowest BCUT2D eigenvalue weighted by molar-refractivity contribution is 0.0525. The fraction of sp³-hybridized carbons (Fsp3) is 0.421. The van der Waals surface area contributed by atoms with Gasteiger partial charge < -0.3 is 4.74 Å². The van der Waals surface area contributed by atoms with E-state index in [4.69, 9.17) is 4.74 Å². The summed E-state index contributed by atoms with van der Waals surface area (Å²) < 4.78 is 32.1. The predicted octanol–water partition coefficient (Wildman–Crippen LogP) is 3.69. The van der Waals surface area contributed by atoms with Crippen molar-refractivity contribution in [3.63, 3.8) is 0 Å². The fourth-order valence-corrected chi connectivity index (χ4v) is 3.85. The number of hydrogen-bond donors (Lipinski definition) is 0. The van der Waals surface area contributed by atoms with Crippen LogP contribution in [0.2, 0.25) is 0 Å². The number of carbonyl (C=O) groups excluding carboxylic acids is 2. The van der Waals surface area contributed by atoms with E-state index in [-0.39, 0.29) is 17.3 Å². The number of rotatable bonds is 6. The zero-order chi connectivity index (χ0) is 19.4. The van der Waals surface area contributed by atoms with E-state index < -0.39 is 17.6 Å². The smallest absolute Gasteiger partial charge is 0.367 e. The Morgan fingerprint density at radius 1 is 1.30 bits per heavy atom. The van der Waals surface area contributed by atoms with Crippen LogP contribution in [0.5, 0.6) is 0 Å². The van der Waals surface area contributed by atoms with Gasteiger partial charge in [-0.25, -0.2) is 18.6 Å². The number of benzene rings is 1. The molecule has 0 atom stereocenters. The zero-order valence-electron chi connectivity index (χ0n) is 14.9. The van der Waals surface area contributed by atoms with Gasteiger partial charge in [-0.3, -0.25) is 9.69 Å². The molecule has 0 radical (unpaired) electrons. The van der Waals surface area contributed by atoms with Crippen LogP contribution < -0.4 is 0 Å². The Morgan fingerprint density at radius 3 is 2.74 bits per heavy atom. The standard InChI is InChI=1S/C19H20F2N2O3S/c1-2-26-19(25)18-22-14(11-27-18)10-23-7-5-12(6-8-23)17(24)15-9-13(20)3-4-16(15)21/h3-4,9,11-12H,2,5-8,10H2,1H3. The van der Waals surface area contributed by atoms with Crippen molar-refractivity contribution in [2.75, 3.05) is 19.7 Å². The summed E-state index contributed by atoms with van der Waals surface area (Å²) in [6, 6.07) is 2.96. The van der Waals surface area contributed by atoms with Crippen LogP contribution >= 0.6 is 11.3 Å². The number of esters is 1. The average molecular weight is 394 g/mol. The molecule has 1 aliphatic heterocycles. The Bertz CT molecular complexity index is 832. The molecule has 27 heavy (non-hydrogen) atoms. The largest absolute Gasteiger partial charge is 0.461 e. The Labute approximate surface area is 160 Å². The highest BCUT2D eigenvalue weighted by Gasteiger charge is 2.28. The molecule has 1 fully saturated rings. The summed E-state index contributed by atoms with van der Waals surface area (Å²) in [5.74, 6) is -2.38. The molecule has 8 heteroatoms. The normalized spacial score (nSPS) is 15.7. The first-order valence-corrected chi connectivity index (χ1v) is 9.69. The van der Waals surface area contributed by atoms with Crippen molar-refractivity contribution < 1.29 is 23.1 Å². The van der Waals surface area contributed by atoms with Crippen molar-refractivity contribution >= 4 is 23.1 Å². The molecule has 0 bridgehead atoms. The van der Waals surface area contributed by atoms with E-state index in [1.54, 1.807) is 6.92 Å². The van der Waals surface area contributed by atoms with Crippen molar-refractivity contribution in [2.45, 2.75) is 26.3 Å². The maximum Gasteiger partial charge on any atom is 0.367 e. The van der Waals surface area contributed by atoms with Gasteiger partial charge in [-0.1, -0.05) is 0 Å². The van der Waals surface area contributed by atoms with Crippen molar-refractivity contribution in [1.29, 1.82) is 0 Å². The van der Waals surface area contributed by atoms with Crippen molar-refractivity contribution in [3.05, 3.63) is 51.5 Å². The van der Waals surface area contributed by atoms with Gasteiger partial charge in [0.25, 0.3) is 0 Å². The molecule has 0 spiro atoms. The van der Waals surface area contributed by atoms with Crippen molar-refractivity contribution in [1.82, 2.24) is 9.88 Å². The minimum atomic E-state index is -0.683. The highest BCUT2D eigenvalue weighted by Crippen LogP contribution is 2.25. The molecular formula is C19H20F2N2O3S. The summed E-state index contributed by atoms with van der Waals surface area (Å²) in [7, 11) is 0. The number of piperidine rings is 1. The van der Waals surface area contributed by atoms with Crippen LogP contribution in [-0.2, 0) is 11.3 Å². The van der Waals surface area contributed by atoms with Crippen molar-refractivity contribution in [3.8, 4) is 0 Å². The number of nitrogens with zero attached hydrogens (tertiary/aromatic N) is 2. The van der Waals surface area contributed by atoms with E-state index >= 15 is 0 Å². The van der Waals surface area contributed by atoms with Gasteiger partial charge >= 0.3 is 5.97 Å². The summed E-state index contributed by atoms with van der Waals surface area (Å²) in [4.78, 5) is 30.6. The summed E-state index contributed by atoms with van der Waals surface area (Å²) >= 11 is 1.25. The number of ether oxygens (including phenoxy) is 1. The highest BCUT2D eigenvalue weighted by molar-refractivity contribution is 7.11. The summed E-state index contributed by atoms with van der Waals surface area (Å²) in [5.41, 5.74) is 0.607. The minimum absolute atomic E-state index is 0.174. The third-order valence-corrected chi connectivity index (χ3v) is 5.41. The molecule has 144 valence electrons. The van der Waals surface area contributed by atoms with Crippen LogP contribution in [-0.4, -0.2) is 41.3 Å². The van der Waals surface area contributed by atoms with Gasteiger partial charge in [0, 0.05) is 17.8 Å². The van der Waals surface area contributed by atoms with Crippen LogP contribution in [0.1, 0.15) is 45.6 Å². The molecular weight excluding hydrogens is 374 g/mol. The van der Waals surface area contributed by atoms with E-state index in [2.05, 4.69) is 9.88 Å². The van der Waals surface area contributed by atoms with Crippen LogP contribution in [0.4, 0.5) is 8.78 Å². The van der Waals surface area contributed by atoms with Gasteiger partial charge in [0.05, 0.1) is 17.9 Å². The Hall–Kier alpha value is -2.19. The third kappa shape index (κ3) is 4.75. The molecule has 1 aliphatic rings. The molecule has 1 saturated heterocycles. The van der Waals surface area contributed by atoms with Gasteiger partial charge in [0.1, 0.15) is 11.6 Å². The molecule has 1 aromatic heterocycles. The SMILES string of the molecule is CCOC(=O)c1nc(CN2CCC(C(=O)c3cc(F)ccc3F)CC2)cs1. The average Bonchev–Trinajstić information content (AvgIpc) is 3.13. The first-order chi connectivity index (χ1) is 13.0.